The van der Waals surface area contributed by atoms with Crippen molar-refractivity contribution in [3.8, 4) is 0 Å². The van der Waals surface area contributed by atoms with Crippen molar-refractivity contribution in [1.82, 2.24) is 4.90 Å². The third kappa shape index (κ3) is 0.988. The van der Waals surface area contributed by atoms with Gasteiger partial charge in [-0.05, 0) is 31.7 Å². The van der Waals surface area contributed by atoms with Gasteiger partial charge in [-0.1, -0.05) is 6.08 Å². The van der Waals surface area contributed by atoms with Gasteiger partial charge >= 0.3 is 0 Å². The number of piperidine rings is 1. The zero-order valence-electron chi connectivity index (χ0n) is 6.42. The third-order valence-corrected chi connectivity index (χ3v) is 2.74. The molecule has 0 bridgehead atoms. The lowest BCUT2D eigenvalue weighted by Crippen LogP contribution is -2.31. The molecule has 1 saturated heterocycles. The molecule has 2 atom stereocenters. The van der Waals surface area contributed by atoms with Crippen LogP contribution in [0.2, 0.25) is 0 Å². The van der Waals surface area contributed by atoms with E-state index >= 15 is 0 Å². The van der Waals surface area contributed by atoms with Gasteiger partial charge < -0.3 is 0 Å². The summed E-state index contributed by atoms with van der Waals surface area (Å²) in [6.07, 6.45) is 6.39. The van der Waals surface area contributed by atoms with E-state index in [1.165, 1.54) is 25.8 Å². The van der Waals surface area contributed by atoms with E-state index in [1.807, 2.05) is 6.08 Å². The molecule has 0 aromatic heterocycles. The molecular weight excluding hydrogens is 122 g/mol. The van der Waals surface area contributed by atoms with E-state index in [2.05, 4.69) is 11.5 Å². The van der Waals surface area contributed by atoms with Crippen molar-refractivity contribution in [1.29, 1.82) is 0 Å². The van der Waals surface area contributed by atoms with Crippen molar-refractivity contribution in [3.63, 3.8) is 0 Å². The second-order valence-corrected chi connectivity index (χ2v) is 3.49. The zero-order valence-corrected chi connectivity index (χ0v) is 6.42. The minimum absolute atomic E-state index is 0.951. The Morgan fingerprint density at radius 3 is 3.30 bits per heavy atom. The average molecular weight is 137 g/mol. The molecule has 1 heterocycles. The van der Waals surface area contributed by atoms with E-state index in [9.17, 15) is 0 Å². The number of hydrogen-bond donors (Lipinski definition) is 0. The fourth-order valence-electron chi connectivity index (χ4n) is 2.10. The maximum absolute atomic E-state index is 3.77. The Bertz CT molecular complexity index is 142. The van der Waals surface area contributed by atoms with Crippen LogP contribution >= 0.6 is 0 Å². The SMILES string of the molecule is C=CCN1CCCC2CC21. The predicted molar refractivity (Wildman–Crippen MR) is 42.9 cm³/mol. The summed E-state index contributed by atoms with van der Waals surface area (Å²) in [5.74, 6) is 1.06. The quantitative estimate of drug-likeness (QED) is 0.523. The van der Waals surface area contributed by atoms with Gasteiger partial charge in [0.05, 0.1) is 0 Å². The molecule has 2 rings (SSSR count). The van der Waals surface area contributed by atoms with E-state index in [-0.39, 0.29) is 0 Å². The first kappa shape index (κ1) is 6.41. The number of likely N-dealkylation sites (tertiary alicyclic amines) is 1. The molecule has 0 radical (unpaired) electrons. The molecule has 2 fully saturated rings. The van der Waals surface area contributed by atoms with Crippen LogP contribution in [0.3, 0.4) is 0 Å². The van der Waals surface area contributed by atoms with Crippen LogP contribution in [-0.4, -0.2) is 24.0 Å². The highest BCUT2D eigenvalue weighted by Gasteiger charge is 2.43. The highest BCUT2D eigenvalue weighted by molar-refractivity contribution is 4.99. The smallest absolute Gasteiger partial charge is 0.0163 e. The summed E-state index contributed by atoms with van der Waals surface area (Å²) in [5, 5.41) is 0. The molecule has 10 heavy (non-hydrogen) atoms. The Labute approximate surface area is 62.7 Å². The summed E-state index contributed by atoms with van der Waals surface area (Å²) in [5.41, 5.74) is 0. The first-order chi connectivity index (χ1) is 4.92. The summed E-state index contributed by atoms with van der Waals surface area (Å²) < 4.78 is 0. The van der Waals surface area contributed by atoms with Crippen LogP contribution < -0.4 is 0 Å². The lowest BCUT2D eigenvalue weighted by molar-refractivity contribution is 0.238. The van der Waals surface area contributed by atoms with E-state index in [0.717, 1.165) is 18.5 Å². The maximum Gasteiger partial charge on any atom is 0.0163 e. The molecule has 0 N–H and O–H groups in total. The van der Waals surface area contributed by atoms with Crippen LogP contribution in [0, 0.1) is 5.92 Å². The highest BCUT2D eigenvalue weighted by Crippen LogP contribution is 2.42. The molecular formula is C9H15N. The predicted octanol–water partition coefficient (Wildman–Crippen LogP) is 1.66. The molecule has 1 heteroatoms. The van der Waals surface area contributed by atoms with Crippen molar-refractivity contribution in [2.24, 2.45) is 5.92 Å². The summed E-state index contributed by atoms with van der Waals surface area (Å²) in [4.78, 5) is 2.57. The molecule has 56 valence electrons. The third-order valence-electron chi connectivity index (χ3n) is 2.74. The summed E-state index contributed by atoms with van der Waals surface area (Å²) in [7, 11) is 0. The number of nitrogens with zero attached hydrogens (tertiary/aromatic N) is 1. The summed E-state index contributed by atoms with van der Waals surface area (Å²) in [6.45, 7) is 6.19. The Morgan fingerprint density at radius 2 is 2.50 bits per heavy atom. The van der Waals surface area contributed by atoms with Gasteiger partial charge in [0.2, 0.25) is 0 Å². The first-order valence-corrected chi connectivity index (χ1v) is 4.27. The minimum Gasteiger partial charge on any atom is -0.296 e. The molecule has 0 aromatic rings. The van der Waals surface area contributed by atoms with Gasteiger partial charge in [-0.2, -0.15) is 0 Å². The Hall–Kier alpha value is -0.300. The van der Waals surface area contributed by atoms with Crippen LogP contribution in [-0.2, 0) is 0 Å². The average Bonchev–Trinajstić information content (AvgIpc) is 2.67. The standard InChI is InChI=1S/C9H15N/c1-2-5-10-6-3-4-8-7-9(8)10/h2,8-9H,1,3-7H2. The lowest BCUT2D eigenvalue weighted by atomic mass is 10.1. The fraction of sp³-hybridized carbons (Fsp3) is 0.778. The Kier molecular flexibility index (Phi) is 1.53. The maximum atomic E-state index is 3.77. The van der Waals surface area contributed by atoms with Crippen molar-refractivity contribution < 1.29 is 0 Å². The van der Waals surface area contributed by atoms with Gasteiger partial charge in [0.15, 0.2) is 0 Å². The van der Waals surface area contributed by atoms with E-state index in [4.69, 9.17) is 0 Å². The molecule has 1 saturated carbocycles. The van der Waals surface area contributed by atoms with Gasteiger partial charge in [-0.25, -0.2) is 0 Å². The molecule has 1 aliphatic carbocycles. The highest BCUT2D eigenvalue weighted by atomic mass is 15.2. The van der Waals surface area contributed by atoms with Crippen molar-refractivity contribution in [3.05, 3.63) is 12.7 Å². The van der Waals surface area contributed by atoms with Gasteiger partial charge in [0.1, 0.15) is 0 Å². The zero-order chi connectivity index (χ0) is 6.97. The molecule has 0 aromatic carbocycles. The minimum atomic E-state index is 0.951. The van der Waals surface area contributed by atoms with Crippen LogP contribution in [0.25, 0.3) is 0 Å². The van der Waals surface area contributed by atoms with Crippen molar-refractivity contribution in [2.45, 2.75) is 25.3 Å². The molecule has 1 aliphatic heterocycles. The second kappa shape index (κ2) is 2.39. The largest absolute Gasteiger partial charge is 0.296 e. The lowest BCUT2D eigenvalue weighted by Gasteiger charge is -2.24. The molecule has 0 amide bonds. The second-order valence-electron chi connectivity index (χ2n) is 3.49. The molecule has 1 nitrogen and oxygen atoms in total. The van der Waals surface area contributed by atoms with Gasteiger partial charge in [-0.15, -0.1) is 6.58 Å². The van der Waals surface area contributed by atoms with Crippen LogP contribution in [0.5, 0.6) is 0 Å². The monoisotopic (exact) mass is 137 g/mol. The normalized spacial score (nSPS) is 38.8. The summed E-state index contributed by atoms with van der Waals surface area (Å²) >= 11 is 0. The van der Waals surface area contributed by atoms with Crippen LogP contribution in [0.4, 0.5) is 0 Å². The number of rotatable bonds is 2. The molecule has 0 spiro atoms. The molecule has 2 unspecified atom stereocenters. The fourth-order valence-corrected chi connectivity index (χ4v) is 2.10. The van der Waals surface area contributed by atoms with Crippen molar-refractivity contribution >= 4 is 0 Å². The van der Waals surface area contributed by atoms with Crippen LogP contribution in [0.15, 0.2) is 12.7 Å². The van der Waals surface area contributed by atoms with Gasteiger partial charge in [0, 0.05) is 12.6 Å². The Morgan fingerprint density at radius 1 is 1.60 bits per heavy atom. The summed E-state index contributed by atoms with van der Waals surface area (Å²) in [6, 6.07) is 0.951. The van der Waals surface area contributed by atoms with E-state index in [0.29, 0.717) is 0 Å². The first-order valence-electron chi connectivity index (χ1n) is 4.27. The number of fused-ring (bicyclic) bond motifs is 1. The molecule has 2 aliphatic rings. The van der Waals surface area contributed by atoms with Crippen molar-refractivity contribution in [2.75, 3.05) is 13.1 Å². The number of hydrogen-bond acceptors (Lipinski definition) is 1. The van der Waals surface area contributed by atoms with Gasteiger partial charge in [0.25, 0.3) is 0 Å². The van der Waals surface area contributed by atoms with Crippen LogP contribution in [0.1, 0.15) is 19.3 Å². The Balaban J connectivity index is 1.89. The topological polar surface area (TPSA) is 3.24 Å². The van der Waals surface area contributed by atoms with E-state index < -0.39 is 0 Å². The van der Waals surface area contributed by atoms with E-state index in [1.54, 1.807) is 0 Å². The van der Waals surface area contributed by atoms with Gasteiger partial charge in [-0.3, -0.25) is 4.90 Å².